The lowest BCUT2D eigenvalue weighted by atomic mass is 10.2. The summed E-state index contributed by atoms with van der Waals surface area (Å²) in [5, 5.41) is 4.74. The third-order valence-electron chi connectivity index (χ3n) is 2.66. The Kier molecular flexibility index (Phi) is 5.77. The van der Waals surface area contributed by atoms with E-state index in [9.17, 15) is 18.4 Å². The first-order valence-corrected chi connectivity index (χ1v) is 7.84. The molecule has 3 amide bonds. The predicted molar refractivity (Wildman–Crippen MR) is 92.0 cm³/mol. The molecule has 0 saturated carbocycles. The van der Waals surface area contributed by atoms with Crippen LogP contribution < -0.4 is 10.6 Å². The van der Waals surface area contributed by atoms with E-state index in [0.29, 0.717) is 13.6 Å². The van der Waals surface area contributed by atoms with E-state index in [1.807, 2.05) is 27.9 Å². The number of amides is 3. The van der Waals surface area contributed by atoms with Gasteiger partial charge in [-0.15, -0.1) is 0 Å². The van der Waals surface area contributed by atoms with Gasteiger partial charge >= 0.3 is 6.03 Å². The molecule has 0 aliphatic carbocycles. The van der Waals surface area contributed by atoms with Crippen LogP contribution in [-0.2, 0) is 0 Å². The van der Waals surface area contributed by atoms with Crippen molar-refractivity contribution < 1.29 is 18.4 Å². The van der Waals surface area contributed by atoms with E-state index in [-0.39, 0.29) is 5.69 Å². The summed E-state index contributed by atoms with van der Waals surface area (Å²) < 4.78 is 27.5. The molecule has 0 unspecified atom stereocenters. The molecule has 0 bridgehead atoms. The summed E-state index contributed by atoms with van der Waals surface area (Å²) >= 11 is 13.8. The van der Waals surface area contributed by atoms with E-state index in [1.54, 1.807) is 0 Å². The van der Waals surface area contributed by atoms with Crippen LogP contribution in [-0.4, -0.2) is 11.9 Å². The maximum Gasteiger partial charge on any atom is 0.326 e. The second kappa shape index (κ2) is 7.41. The van der Waals surface area contributed by atoms with Crippen molar-refractivity contribution in [2.45, 2.75) is 0 Å². The average Bonchev–Trinajstić information content (AvgIpc) is 2.44. The number of imide groups is 1. The van der Waals surface area contributed by atoms with Gasteiger partial charge in [0.05, 0.1) is 13.6 Å². The topological polar surface area (TPSA) is 58.2 Å². The molecule has 0 spiro atoms. The molecule has 0 fully saturated rings. The van der Waals surface area contributed by atoms with E-state index >= 15 is 0 Å². The zero-order chi connectivity index (χ0) is 17.1. The van der Waals surface area contributed by atoms with Gasteiger partial charge in [-0.05, 0) is 46.9 Å². The van der Waals surface area contributed by atoms with Crippen LogP contribution in [0.4, 0.5) is 19.3 Å². The average molecular weight is 471 g/mol. The maximum atomic E-state index is 13.5. The van der Waals surface area contributed by atoms with Crippen molar-refractivity contribution in [1.29, 1.82) is 0 Å². The molecule has 0 saturated heterocycles. The van der Waals surface area contributed by atoms with Gasteiger partial charge in [0.15, 0.2) is 0 Å². The van der Waals surface area contributed by atoms with Gasteiger partial charge in [-0.1, -0.05) is 29.3 Å². The Hall–Kier alpha value is -1.45. The first-order chi connectivity index (χ1) is 10.8. The lowest BCUT2D eigenvalue weighted by molar-refractivity contribution is 0.0959. The Balaban J connectivity index is 2.12. The van der Waals surface area contributed by atoms with E-state index in [1.165, 1.54) is 12.1 Å². The van der Waals surface area contributed by atoms with Crippen molar-refractivity contribution in [1.82, 2.24) is 5.32 Å². The van der Waals surface area contributed by atoms with Crippen LogP contribution in [0, 0.1) is 15.2 Å². The molecular formula is C14H7Cl2F2IN2O2. The van der Waals surface area contributed by atoms with Gasteiger partial charge in [-0.3, -0.25) is 10.1 Å². The minimum Gasteiger partial charge on any atom is -0.308 e. The second-order valence-corrected chi connectivity index (χ2v) is 6.15. The molecule has 2 aromatic rings. The zero-order valence-electron chi connectivity index (χ0n) is 11.1. The number of carbonyl (C=O) groups excluding carboxylic acids is 2. The van der Waals surface area contributed by atoms with E-state index in [0.717, 1.165) is 18.2 Å². The first kappa shape index (κ1) is 17.9. The Morgan fingerprint density at radius 1 is 1.04 bits per heavy atom. The lowest BCUT2D eigenvalue weighted by Crippen LogP contribution is -2.35. The fourth-order valence-electron chi connectivity index (χ4n) is 1.67. The molecule has 0 heterocycles. The molecule has 0 aliphatic heterocycles. The molecule has 120 valence electrons. The quantitative estimate of drug-likeness (QED) is 0.487. The molecule has 2 rings (SSSR count). The summed E-state index contributed by atoms with van der Waals surface area (Å²) in [4.78, 5) is 23.5. The van der Waals surface area contributed by atoms with Crippen LogP contribution >= 0.6 is 45.8 Å². The number of hydrogen-bond acceptors (Lipinski definition) is 2. The number of halogens is 5. The molecule has 4 nitrogen and oxygen atoms in total. The predicted octanol–water partition coefficient (Wildman–Crippen LogP) is 4.84. The van der Waals surface area contributed by atoms with Crippen molar-refractivity contribution in [3.63, 3.8) is 0 Å². The highest BCUT2D eigenvalue weighted by Crippen LogP contribution is 2.30. The standard InChI is InChI=1S/C14H7Cl2F2IN2O2/c15-7-4-6(5-8(16)12(7)19)20-14(23)21-13(22)11-9(17)2-1-3-10(11)18/h1-5H,(H2,20,21,22,23). The minimum absolute atomic E-state index is 0.222. The van der Waals surface area contributed by atoms with Crippen molar-refractivity contribution in [2.24, 2.45) is 0 Å². The number of urea groups is 1. The normalized spacial score (nSPS) is 10.3. The van der Waals surface area contributed by atoms with Crippen molar-refractivity contribution >= 4 is 63.4 Å². The molecule has 9 heteroatoms. The molecule has 2 aromatic carbocycles. The van der Waals surface area contributed by atoms with Gasteiger partial charge in [0, 0.05) is 5.69 Å². The van der Waals surface area contributed by atoms with Crippen LogP contribution in [0.25, 0.3) is 0 Å². The van der Waals surface area contributed by atoms with Gasteiger partial charge in [-0.25, -0.2) is 13.6 Å². The summed E-state index contributed by atoms with van der Waals surface area (Å²) in [5.41, 5.74) is -0.624. The second-order valence-electron chi connectivity index (χ2n) is 4.26. The van der Waals surface area contributed by atoms with Gasteiger partial charge in [0.2, 0.25) is 0 Å². The number of nitrogens with one attached hydrogen (secondary N) is 2. The minimum atomic E-state index is -1.21. The van der Waals surface area contributed by atoms with Crippen LogP contribution in [0.5, 0.6) is 0 Å². The van der Waals surface area contributed by atoms with Gasteiger partial charge < -0.3 is 5.32 Å². The summed E-state index contributed by atoms with van der Waals surface area (Å²) in [6, 6.07) is 4.79. The summed E-state index contributed by atoms with van der Waals surface area (Å²) in [6.45, 7) is 0. The van der Waals surface area contributed by atoms with Gasteiger partial charge in [-0.2, -0.15) is 0 Å². The SMILES string of the molecule is O=C(NC(=O)c1c(F)cccc1F)Nc1cc(Cl)c(I)c(Cl)c1. The maximum absolute atomic E-state index is 13.5. The van der Waals surface area contributed by atoms with Crippen LogP contribution in [0.3, 0.4) is 0 Å². The molecule has 2 N–H and O–H groups in total. The lowest BCUT2D eigenvalue weighted by Gasteiger charge is -2.09. The fourth-order valence-corrected chi connectivity index (χ4v) is 2.47. The number of benzene rings is 2. The smallest absolute Gasteiger partial charge is 0.308 e. The van der Waals surface area contributed by atoms with E-state index in [2.05, 4.69) is 5.32 Å². The highest BCUT2D eigenvalue weighted by Gasteiger charge is 2.19. The van der Waals surface area contributed by atoms with Crippen LogP contribution in [0.2, 0.25) is 10.0 Å². The third kappa shape index (κ3) is 4.30. The Labute approximate surface area is 153 Å². The molecule has 0 aliphatic rings. The third-order valence-corrected chi connectivity index (χ3v) is 5.05. The summed E-state index contributed by atoms with van der Waals surface area (Å²) in [5.74, 6) is -3.35. The molecule has 0 radical (unpaired) electrons. The molecule has 0 atom stereocenters. The number of anilines is 1. The Morgan fingerprint density at radius 2 is 1.57 bits per heavy atom. The highest BCUT2D eigenvalue weighted by atomic mass is 127. The van der Waals surface area contributed by atoms with E-state index < -0.39 is 29.1 Å². The number of hydrogen-bond donors (Lipinski definition) is 2. The van der Waals surface area contributed by atoms with Crippen molar-refractivity contribution in [2.75, 3.05) is 5.32 Å². The fraction of sp³-hybridized carbons (Fsp3) is 0. The van der Waals surface area contributed by atoms with Gasteiger partial charge in [0.25, 0.3) is 5.91 Å². The molecule has 0 aromatic heterocycles. The number of carbonyl (C=O) groups is 2. The van der Waals surface area contributed by atoms with Gasteiger partial charge in [0.1, 0.15) is 17.2 Å². The monoisotopic (exact) mass is 470 g/mol. The van der Waals surface area contributed by atoms with E-state index in [4.69, 9.17) is 23.2 Å². The Bertz CT molecular complexity index is 759. The highest BCUT2D eigenvalue weighted by molar-refractivity contribution is 14.1. The summed E-state index contributed by atoms with van der Waals surface area (Å²) in [6.07, 6.45) is 0. The van der Waals surface area contributed by atoms with Crippen molar-refractivity contribution in [3.8, 4) is 0 Å². The van der Waals surface area contributed by atoms with Crippen molar-refractivity contribution in [3.05, 3.63) is 61.1 Å². The van der Waals surface area contributed by atoms with Crippen LogP contribution in [0.15, 0.2) is 30.3 Å². The largest absolute Gasteiger partial charge is 0.326 e. The summed E-state index contributed by atoms with van der Waals surface area (Å²) in [7, 11) is 0. The zero-order valence-corrected chi connectivity index (χ0v) is 14.8. The Morgan fingerprint density at radius 3 is 2.09 bits per heavy atom. The molecule has 23 heavy (non-hydrogen) atoms. The number of rotatable bonds is 2. The van der Waals surface area contributed by atoms with Crippen LogP contribution in [0.1, 0.15) is 10.4 Å². The molecular weight excluding hydrogens is 464 g/mol. The first-order valence-electron chi connectivity index (χ1n) is 6.00.